The fourth-order valence-corrected chi connectivity index (χ4v) is 3.42. The Labute approximate surface area is 117 Å². The number of hydrogen-bond acceptors (Lipinski definition) is 4. The van der Waals surface area contributed by atoms with Crippen LogP contribution in [0.25, 0.3) is 11.0 Å². The summed E-state index contributed by atoms with van der Waals surface area (Å²) in [6.07, 6.45) is 0. The highest BCUT2D eigenvalue weighted by atomic mass is 79.9. The van der Waals surface area contributed by atoms with Crippen molar-refractivity contribution in [1.82, 2.24) is 5.43 Å². The van der Waals surface area contributed by atoms with Crippen LogP contribution in [0, 0.1) is 0 Å². The number of fused-ring (bicyclic) bond motifs is 1. The minimum atomic E-state index is -0.117. The predicted octanol–water partition coefficient (Wildman–Crippen LogP) is 3.81. The van der Waals surface area contributed by atoms with Crippen molar-refractivity contribution < 1.29 is 4.42 Å². The van der Waals surface area contributed by atoms with Gasteiger partial charge in [-0.3, -0.25) is 5.84 Å². The van der Waals surface area contributed by atoms with E-state index >= 15 is 0 Å². The van der Waals surface area contributed by atoms with E-state index in [-0.39, 0.29) is 6.04 Å². The van der Waals surface area contributed by atoms with Gasteiger partial charge in [0.25, 0.3) is 0 Å². The first-order valence-electron chi connectivity index (χ1n) is 5.48. The highest BCUT2D eigenvalue weighted by molar-refractivity contribution is 9.11. The predicted molar refractivity (Wildman–Crippen MR) is 77.4 cm³/mol. The SMILES string of the molecule is NNC(c1cc2ccccc2o1)c1ccc(Br)s1. The van der Waals surface area contributed by atoms with Gasteiger partial charge in [0.05, 0.1) is 3.79 Å². The Morgan fingerprint density at radius 3 is 2.72 bits per heavy atom. The quantitative estimate of drug-likeness (QED) is 0.569. The molecule has 1 atom stereocenters. The van der Waals surface area contributed by atoms with Crippen molar-refractivity contribution in [3.05, 3.63) is 56.9 Å². The Hall–Kier alpha value is -1.14. The molecule has 0 aliphatic rings. The molecule has 18 heavy (non-hydrogen) atoms. The van der Waals surface area contributed by atoms with Crippen LogP contribution in [0.2, 0.25) is 0 Å². The van der Waals surface area contributed by atoms with E-state index in [4.69, 9.17) is 10.3 Å². The maximum atomic E-state index is 5.83. The monoisotopic (exact) mass is 322 g/mol. The van der Waals surface area contributed by atoms with Gasteiger partial charge in [-0.05, 0) is 40.2 Å². The van der Waals surface area contributed by atoms with E-state index in [2.05, 4.69) is 21.4 Å². The summed E-state index contributed by atoms with van der Waals surface area (Å²) in [5.74, 6) is 6.48. The van der Waals surface area contributed by atoms with Crippen LogP contribution >= 0.6 is 27.3 Å². The normalized spacial score (nSPS) is 13.0. The van der Waals surface area contributed by atoms with Crippen LogP contribution in [0.3, 0.4) is 0 Å². The number of nitrogens with two attached hydrogens (primary N) is 1. The maximum absolute atomic E-state index is 5.83. The first-order valence-corrected chi connectivity index (χ1v) is 7.09. The van der Waals surface area contributed by atoms with E-state index in [1.165, 1.54) is 0 Å². The Balaban J connectivity index is 2.05. The van der Waals surface area contributed by atoms with Crippen LogP contribution in [0.1, 0.15) is 16.7 Å². The zero-order valence-electron chi connectivity index (χ0n) is 9.39. The van der Waals surface area contributed by atoms with Crippen molar-refractivity contribution in [3.8, 4) is 0 Å². The second-order valence-corrected chi connectivity index (χ2v) is 6.42. The van der Waals surface area contributed by atoms with Crippen molar-refractivity contribution in [2.45, 2.75) is 6.04 Å². The lowest BCUT2D eigenvalue weighted by molar-refractivity contribution is 0.481. The molecule has 0 saturated heterocycles. The van der Waals surface area contributed by atoms with E-state index in [1.807, 2.05) is 42.5 Å². The van der Waals surface area contributed by atoms with Gasteiger partial charge in [0.15, 0.2) is 0 Å². The molecular weight excluding hydrogens is 312 g/mol. The highest BCUT2D eigenvalue weighted by Crippen LogP contribution is 2.33. The third-order valence-corrected chi connectivity index (χ3v) is 4.46. The number of benzene rings is 1. The summed E-state index contributed by atoms with van der Waals surface area (Å²) < 4.78 is 6.91. The van der Waals surface area contributed by atoms with Gasteiger partial charge in [-0.1, -0.05) is 18.2 Å². The minimum absolute atomic E-state index is 0.117. The van der Waals surface area contributed by atoms with Crippen LogP contribution in [0.5, 0.6) is 0 Å². The lowest BCUT2D eigenvalue weighted by Gasteiger charge is -2.10. The summed E-state index contributed by atoms with van der Waals surface area (Å²) in [6, 6.07) is 13.9. The van der Waals surface area contributed by atoms with E-state index in [0.717, 1.165) is 25.4 Å². The molecule has 2 aromatic heterocycles. The average molecular weight is 323 g/mol. The van der Waals surface area contributed by atoms with Crippen molar-refractivity contribution in [1.29, 1.82) is 0 Å². The number of rotatable bonds is 3. The topological polar surface area (TPSA) is 51.2 Å². The molecule has 0 fully saturated rings. The second kappa shape index (κ2) is 4.85. The fraction of sp³-hybridized carbons (Fsp3) is 0.0769. The lowest BCUT2D eigenvalue weighted by Crippen LogP contribution is -2.27. The number of nitrogens with one attached hydrogen (secondary N) is 1. The fourth-order valence-electron chi connectivity index (χ4n) is 1.93. The van der Waals surface area contributed by atoms with Crippen molar-refractivity contribution in [3.63, 3.8) is 0 Å². The molecule has 0 aliphatic heterocycles. The summed E-state index contributed by atoms with van der Waals surface area (Å²) in [6.45, 7) is 0. The second-order valence-electron chi connectivity index (χ2n) is 3.93. The molecule has 3 aromatic rings. The summed E-state index contributed by atoms with van der Waals surface area (Å²) in [5.41, 5.74) is 3.68. The zero-order valence-corrected chi connectivity index (χ0v) is 11.8. The molecule has 0 bridgehead atoms. The molecule has 3 nitrogen and oxygen atoms in total. The minimum Gasteiger partial charge on any atom is -0.459 e. The van der Waals surface area contributed by atoms with Gasteiger partial charge in [-0.2, -0.15) is 0 Å². The number of furan rings is 1. The van der Waals surface area contributed by atoms with Crippen molar-refractivity contribution in [2.24, 2.45) is 5.84 Å². The molecule has 5 heteroatoms. The van der Waals surface area contributed by atoms with Gasteiger partial charge < -0.3 is 4.42 Å². The molecule has 0 radical (unpaired) electrons. The van der Waals surface area contributed by atoms with E-state index in [1.54, 1.807) is 11.3 Å². The molecule has 2 heterocycles. The first kappa shape index (κ1) is 11.9. The first-order chi connectivity index (χ1) is 8.78. The van der Waals surface area contributed by atoms with Crippen molar-refractivity contribution in [2.75, 3.05) is 0 Å². The maximum Gasteiger partial charge on any atom is 0.134 e. The molecule has 92 valence electrons. The van der Waals surface area contributed by atoms with Crippen LogP contribution in [-0.2, 0) is 0 Å². The van der Waals surface area contributed by atoms with Gasteiger partial charge in [0, 0.05) is 10.3 Å². The molecule has 1 unspecified atom stereocenters. The van der Waals surface area contributed by atoms with Gasteiger partial charge in [0.1, 0.15) is 17.4 Å². The van der Waals surface area contributed by atoms with Crippen molar-refractivity contribution >= 4 is 38.2 Å². The third-order valence-electron chi connectivity index (χ3n) is 2.77. The smallest absolute Gasteiger partial charge is 0.134 e. The Bertz CT molecular complexity index is 643. The van der Waals surface area contributed by atoms with E-state index in [0.29, 0.717) is 0 Å². The van der Waals surface area contributed by atoms with Gasteiger partial charge in [-0.15, -0.1) is 11.3 Å². The van der Waals surface area contributed by atoms with E-state index < -0.39 is 0 Å². The van der Waals surface area contributed by atoms with Crippen LogP contribution in [-0.4, -0.2) is 0 Å². The largest absolute Gasteiger partial charge is 0.459 e. The Morgan fingerprint density at radius 1 is 1.22 bits per heavy atom. The van der Waals surface area contributed by atoms with Crippen LogP contribution in [0.15, 0.2) is 50.7 Å². The zero-order chi connectivity index (χ0) is 12.5. The number of para-hydroxylation sites is 1. The molecule has 0 saturated carbocycles. The Morgan fingerprint density at radius 2 is 2.06 bits per heavy atom. The average Bonchev–Trinajstić information content (AvgIpc) is 2.96. The lowest BCUT2D eigenvalue weighted by atomic mass is 10.2. The molecular formula is C13H11BrN2OS. The Kier molecular flexibility index (Phi) is 3.22. The van der Waals surface area contributed by atoms with E-state index in [9.17, 15) is 0 Å². The summed E-state index contributed by atoms with van der Waals surface area (Å²) >= 11 is 5.10. The molecule has 3 N–H and O–H groups in total. The molecule has 0 spiro atoms. The third kappa shape index (κ3) is 2.10. The van der Waals surface area contributed by atoms with Crippen LogP contribution in [0.4, 0.5) is 0 Å². The molecule has 1 aromatic carbocycles. The summed E-state index contributed by atoms with van der Waals surface area (Å²) in [4.78, 5) is 1.11. The summed E-state index contributed by atoms with van der Waals surface area (Å²) in [7, 11) is 0. The van der Waals surface area contributed by atoms with Gasteiger partial charge >= 0.3 is 0 Å². The number of hydrazine groups is 1. The number of halogens is 1. The standard InChI is InChI=1S/C13H11BrN2OS/c14-12-6-5-11(18-12)13(16-15)10-7-8-3-1-2-4-9(8)17-10/h1-7,13,16H,15H2. The molecule has 3 rings (SSSR count). The van der Waals surface area contributed by atoms with Gasteiger partial charge in [0.2, 0.25) is 0 Å². The van der Waals surface area contributed by atoms with Gasteiger partial charge in [-0.25, -0.2) is 5.43 Å². The molecule has 0 aliphatic carbocycles. The number of thiophene rings is 1. The number of hydrogen-bond donors (Lipinski definition) is 2. The highest BCUT2D eigenvalue weighted by Gasteiger charge is 2.18. The van der Waals surface area contributed by atoms with Crippen LogP contribution < -0.4 is 11.3 Å². The summed E-state index contributed by atoms with van der Waals surface area (Å²) in [5, 5.41) is 1.09. The molecule has 0 amide bonds.